The number of amides is 2. The van der Waals surface area contributed by atoms with Gasteiger partial charge in [-0.2, -0.15) is 0 Å². The summed E-state index contributed by atoms with van der Waals surface area (Å²) < 4.78 is 5.69. The van der Waals surface area contributed by atoms with E-state index in [0.717, 1.165) is 23.3 Å². The molecule has 2 aromatic rings. The number of nitrogens with one attached hydrogen (secondary N) is 1. The van der Waals surface area contributed by atoms with Crippen LogP contribution in [0.2, 0.25) is 0 Å². The minimum atomic E-state index is -0.292. The van der Waals surface area contributed by atoms with Gasteiger partial charge in [0.1, 0.15) is 11.4 Å². The van der Waals surface area contributed by atoms with E-state index in [0.29, 0.717) is 30.1 Å². The zero-order valence-electron chi connectivity index (χ0n) is 17.5. The second-order valence-corrected chi connectivity index (χ2v) is 7.73. The number of aryl methyl sites for hydroxylation is 1. The Labute approximate surface area is 172 Å². The van der Waals surface area contributed by atoms with Gasteiger partial charge in [0.15, 0.2) is 0 Å². The number of anilines is 1. The van der Waals surface area contributed by atoms with E-state index in [-0.39, 0.29) is 17.7 Å². The molecular formula is C24H28N2O3. The lowest BCUT2D eigenvalue weighted by Crippen LogP contribution is -2.35. The molecule has 152 valence electrons. The van der Waals surface area contributed by atoms with E-state index in [1.807, 2.05) is 76.2 Å². The number of carbonyl (C=O) groups excluding carboxylic acids is 2. The summed E-state index contributed by atoms with van der Waals surface area (Å²) in [5.74, 6) is 0.366. The summed E-state index contributed by atoms with van der Waals surface area (Å²) in [6, 6.07) is 15.1. The van der Waals surface area contributed by atoms with E-state index in [4.69, 9.17) is 4.74 Å². The lowest BCUT2D eigenvalue weighted by molar-refractivity contribution is -0.137. The monoisotopic (exact) mass is 392 g/mol. The third-order valence-electron chi connectivity index (χ3n) is 4.63. The molecule has 1 aliphatic heterocycles. The van der Waals surface area contributed by atoms with Crippen LogP contribution in [0.5, 0.6) is 5.75 Å². The van der Waals surface area contributed by atoms with E-state index < -0.39 is 0 Å². The van der Waals surface area contributed by atoms with Crippen LogP contribution in [0, 0.1) is 12.8 Å². The van der Waals surface area contributed by atoms with E-state index >= 15 is 0 Å². The van der Waals surface area contributed by atoms with Crippen molar-refractivity contribution in [2.24, 2.45) is 5.92 Å². The molecule has 0 saturated heterocycles. The van der Waals surface area contributed by atoms with Crippen molar-refractivity contribution in [3.8, 4) is 5.75 Å². The van der Waals surface area contributed by atoms with Crippen LogP contribution in [0.1, 0.15) is 38.3 Å². The van der Waals surface area contributed by atoms with Gasteiger partial charge in [-0.15, -0.1) is 0 Å². The van der Waals surface area contributed by atoms with E-state index in [1.165, 1.54) is 4.90 Å². The molecule has 3 rings (SSSR count). The summed E-state index contributed by atoms with van der Waals surface area (Å²) >= 11 is 0. The number of imide groups is 1. The molecule has 5 heteroatoms. The fourth-order valence-electron chi connectivity index (χ4n) is 3.24. The van der Waals surface area contributed by atoms with Gasteiger partial charge in [-0.3, -0.25) is 14.5 Å². The van der Waals surface area contributed by atoms with Gasteiger partial charge in [0.05, 0.1) is 12.2 Å². The first kappa shape index (κ1) is 20.6. The topological polar surface area (TPSA) is 58.6 Å². The Balaban J connectivity index is 1.99. The van der Waals surface area contributed by atoms with Gasteiger partial charge in [-0.05, 0) is 37.0 Å². The highest BCUT2D eigenvalue weighted by atomic mass is 16.5. The molecule has 0 bridgehead atoms. The van der Waals surface area contributed by atoms with Crippen molar-refractivity contribution in [3.05, 3.63) is 65.4 Å². The largest absolute Gasteiger partial charge is 0.494 e. The molecule has 0 radical (unpaired) electrons. The maximum Gasteiger partial charge on any atom is 0.278 e. The van der Waals surface area contributed by atoms with Crippen LogP contribution in [-0.2, 0) is 9.59 Å². The van der Waals surface area contributed by atoms with Gasteiger partial charge in [-0.1, -0.05) is 56.7 Å². The summed E-state index contributed by atoms with van der Waals surface area (Å²) in [5.41, 5.74) is 3.27. The normalized spacial score (nSPS) is 14.2. The third kappa shape index (κ3) is 4.67. The van der Waals surface area contributed by atoms with Crippen molar-refractivity contribution in [3.63, 3.8) is 0 Å². The molecule has 2 amide bonds. The summed E-state index contributed by atoms with van der Waals surface area (Å²) in [6.07, 6.45) is 0.914. The fraction of sp³-hybridized carbons (Fsp3) is 0.333. The molecule has 1 aliphatic rings. The first-order chi connectivity index (χ1) is 13.9. The average molecular weight is 392 g/mol. The maximum absolute atomic E-state index is 13.1. The van der Waals surface area contributed by atoms with Gasteiger partial charge in [0, 0.05) is 18.3 Å². The second kappa shape index (κ2) is 8.95. The minimum absolute atomic E-state index is 0.187. The van der Waals surface area contributed by atoms with Crippen LogP contribution < -0.4 is 10.1 Å². The predicted molar refractivity (Wildman–Crippen MR) is 116 cm³/mol. The molecule has 0 spiro atoms. The number of nitrogens with zero attached hydrogens (tertiary/aromatic N) is 1. The van der Waals surface area contributed by atoms with Crippen LogP contribution in [0.25, 0.3) is 5.57 Å². The Kier molecular flexibility index (Phi) is 6.37. The van der Waals surface area contributed by atoms with Crippen LogP contribution in [0.4, 0.5) is 5.69 Å². The highest BCUT2D eigenvalue weighted by molar-refractivity contribution is 6.36. The quantitative estimate of drug-likeness (QED) is 0.666. The highest BCUT2D eigenvalue weighted by Gasteiger charge is 2.39. The summed E-state index contributed by atoms with van der Waals surface area (Å²) in [5, 5.41) is 3.19. The van der Waals surface area contributed by atoms with Gasteiger partial charge in [-0.25, -0.2) is 0 Å². The molecule has 29 heavy (non-hydrogen) atoms. The van der Waals surface area contributed by atoms with Crippen molar-refractivity contribution in [1.82, 2.24) is 4.90 Å². The Bertz CT molecular complexity index is 929. The Morgan fingerprint density at radius 1 is 1.03 bits per heavy atom. The van der Waals surface area contributed by atoms with E-state index in [9.17, 15) is 9.59 Å². The number of carbonyl (C=O) groups is 2. The number of ether oxygens (including phenoxy) is 1. The number of rotatable bonds is 8. The molecule has 1 heterocycles. The van der Waals surface area contributed by atoms with Crippen molar-refractivity contribution >= 4 is 23.1 Å². The smallest absolute Gasteiger partial charge is 0.278 e. The maximum atomic E-state index is 13.1. The number of benzene rings is 2. The SMILES string of the molecule is CCCOc1cccc(NC2=C(c3ccc(C)cc3)C(=O)N(CC(C)C)C2=O)c1. The molecule has 0 unspecified atom stereocenters. The van der Waals surface area contributed by atoms with Crippen molar-refractivity contribution in [2.45, 2.75) is 34.1 Å². The Hall–Kier alpha value is -3.08. The van der Waals surface area contributed by atoms with Crippen LogP contribution in [0.3, 0.4) is 0 Å². The lowest BCUT2D eigenvalue weighted by Gasteiger charge is -2.17. The van der Waals surface area contributed by atoms with Crippen molar-refractivity contribution < 1.29 is 14.3 Å². The van der Waals surface area contributed by atoms with Crippen LogP contribution >= 0.6 is 0 Å². The molecule has 0 saturated carbocycles. The van der Waals surface area contributed by atoms with Crippen LogP contribution in [-0.4, -0.2) is 29.9 Å². The van der Waals surface area contributed by atoms with Gasteiger partial charge < -0.3 is 10.1 Å². The Morgan fingerprint density at radius 3 is 2.41 bits per heavy atom. The number of hydrogen-bond donors (Lipinski definition) is 1. The minimum Gasteiger partial charge on any atom is -0.494 e. The fourth-order valence-corrected chi connectivity index (χ4v) is 3.24. The van der Waals surface area contributed by atoms with Crippen molar-refractivity contribution in [1.29, 1.82) is 0 Å². The molecule has 5 nitrogen and oxygen atoms in total. The Morgan fingerprint density at radius 2 is 1.76 bits per heavy atom. The first-order valence-electron chi connectivity index (χ1n) is 10.1. The third-order valence-corrected chi connectivity index (χ3v) is 4.63. The predicted octanol–water partition coefficient (Wildman–Crippen LogP) is 4.63. The van der Waals surface area contributed by atoms with Gasteiger partial charge in [0.2, 0.25) is 0 Å². The van der Waals surface area contributed by atoms with Crippen LogP contribution in [0.15, 0.2) is 54.2 Å². The molecule has 0 fully saturated rings. The molecule has 0 aromatic heterocycles. The van der Waals surface area contributed by atoms with E-state index in [1.54, 1.807) is 0 Å². The standard InChI is InChI=1S/C24H28N2O3/c1-5-13-29-20-8-6-7-19(14-20)25-22-21(18-11-9-17(4)10-12-18)23(27)26(24(22)28)15-16(2)3/h6-12,14,16,25H,5,13,15H2,1-4H3. The summed E-state index contributed by atoms with van der Waals surface area (Å²) in [7, 11) is 0. The summed E-state index contributed by atoms with van der Waals surface area (Å²) in [6.45, 7) is 9.04. The zero-order chi connectivity index (χ0) is 21.0. The first-order valence-corrected chi connectivity index (χ1v) is 10.1. The summed E-state index contributed by atoms with van der Waals surface area (Å²) in [4.78, 5) is 27.6. The lowest BCUT2D eigenvalue weighted by atomic mass is 10.0. The van der Waals surface area contributed by atoms with Gasteiger partial charge in [0.25, 0.3) is 11.8 Å². The molecule has 0 aliphatic carbocycles. The number of hydrogen-bond acceptors (Lipinski definition) is 4. The van der Waals surface area contributed by atoms with E-state index in [2.05, 4.69) is 5.32 Å². The molecule has 1 N–H and O–H groups in total. The van der Waals surface area contributed by atoms with Crippen molar-refractivity contribution in [2.75, 3.05) is 18.5 Å². The molecular weight excluding hydrogens is 364 g/mol. The average Bonchev–Trinajstić information content (AvgIpc) is 2.91. The molecule has 2 aromatic carbocycles. The highest BCUT2D eigenvalue weighted by Crippen LogP contribution is 2.31. The van der Waals surface area contributed by atoms with Gasteiger partial charge >= 0.3 is 0 Å². The second-order valence-electron chi connectivity index (χ2n) is 7.73. The zero-order valence-corrected chi connectivity index (χ0v) is 17.5. The molecule has 0 atom stereocenters.